The predicted octanol–water partition coefficient (Wildman–Crippen LogP) is 2.36. The van der Waals surface area contributed by atoms with Crippen LogP contribution in [0.25, 0.3) is 5.70 Å². The van der Waals surface area contributed by atoms with Gasteiger partial charge in [-0.2, -0.15) is 0 Å². The van der Waals surface area contributed by atoms with E-state index in [0.29, 0.717) is 6.04 Å². The molecule has 1 heterocycles. The third kappa shape index (κ3) is 3.07. The normalized spacial score (nSPS) is 18.9. The van der Waals surface area contributed by atoms with Crippen molar-refractivity contribution in [3.05, 3.63) is 30.3 Å². The highest BCUT2D eigenvalue weighted by Gasteiger charge is 2.21. The molecular weight excluding hydrogens is 252 g/mol. The predicted molar refractivity (Wildman–Crippen MR) is 82.2 cm³/mol. The van der Waals surface area contributed by atoms with E-state index in [1.165, 1.54) is 19.4 Å². The number of nitrogens with one attached hydrogen (secondary N) is 1. The zero-order chi connectivity index (χ0) is 14.5. The summed E-state index contributed by atoms with van der Waals surface area (Å²) in [5.74, 6) is 1.56. The van der Waals surface area contributed by atoms with E-state index in [2.05, 4.69) is 23.8 Å². The van der Waals surface area contributed by atoms with Gasteiger partial charge in [0, 0.05) is 18.3 Å². The third-order valence-corrected chi connectivity index (χ3v) is 3.95. The molecule has 110 valence electrons. The van der Waals surface area contributed by atoms with Crippen LogP contribution in [0.5, 0.6) is 11.5 Å². The van der Waals surface area contributed by atoms with Crippen molar-refractivity contribution in [2.75, 3.05) is 34.4 Å². The average molecular weight is 276 g/mol. The first-order valence-corrected chi connectivity index (χ1v) is 7.01. The minimum Gasteiger partial charge on any atom is -0.496 e. The molecule has 0 aliphatic carbocycles. The van der Waals surface area contributed by atoms with Crippen LogP contribution in [0, 0.1) is 0 Å². The van der Waals surface area contributed by atoms with E-state index in [-0.39, 0.29) is 0 Å². The van der Waals surface area contributed by atoms with Gasteiger partial charge in [-0.05, 0) is 38.6 Å². The Morgan fingerprint density at radius 1 is 1.35 bits per heavy atom. The van der Waals surface area contributed by atoms with Crippen molar-refractivity contribution in [2.24, 2.45) is 0 Å². The van der Waals surface area contributed by atoms with Crippen LogP contribution < -0.4 is 14.8 Å². The summed E-state index contributed by atoms with van der Waals surface area (Å²) in [4.78, 5) is 2.39. The van der Waals surface area contributed by atoms with Gasteiger partial charge in [0.15, 0.2) is 0 Å². The maximum atomic E-state index is 5.41. The van der Waals surface area contributed by atoms with Crippen molar-refractivity contribution >= 4 is 5.70 Å². The molecule has 2 rings (SSSR count). The standard InChI is InChI=1S/C16H24N2O2/c1-12(17-11-13-7-6-10-18(13)2)16-14(19-3)8-5-9-15(16)20-4/h5,8-9,13,17H,1,6-7,10-11H2,2-4H3. The molecule has 4 heteroatoms. The molecule has 1 unspecified atom stereocenters. The number of hydrogen-bond acceptors (Lipinski definition) is 4. The maximum absolute atomic E-state index is 5.41. The summed E-state index contributed by atoms with van der Waals surface area (Å²) in [6.07, 6.45) is 2.51. The van der Waals surface area contributed by atoms with E-state index in [0.717, 1.165) is 29.3 Å². The number of ether oxygens (including phenoxy) is 2. The lowest BCUT2D eigenvalue weighted by molar-refractivity contribution is 0.309. The van der Waals surface area contributed by atoms with Gasteiger partial charge in [-0.1, -0.05) is 12.6 Å². The molecule has 0 spiro atoms. The molecule has 0 aromatic heterocycles. The second-order valence-electron chi connectivity index (χ2n) is 5.17. The molecule has 0 radical (unpaired) electrons. The van der Waals surface area contributed by atoms with Gasteiger partial charge in [0.05, 0.1) is 19.8 Å². The lowest BCUT2D eigenvalue weighted by Crippen LogP contribution is -2.34. The molecule has 1 aliphatic rings. The summed E-state index contributed by atoms with van der Waals surface area (Å²) < 4.78 is 10.8. The first-order valence-electron chi connectivity index (χ1n) is 7.01. The topological polar surface area (TPSA) is 33.7 Å². The zero-order valence-electron chi connectivity index (χ0n) is 12.6. The van der Waals surface area contributed by atoms with Gasteiger partial charge in [0.2, 0.25) is 0 Å². The van der Waals surface area contributed by atoms with Gasteiger partial charge in [0.25, 0.3) is 0 Å². The third-order valence-electron chi connectivity index (χ3n) is 3.95. The first kappa shape index (κ1) is 14.7. The molecule has 4 nitrogen and oxygen atoms in total. The first-order chi connectivity index (χ1) is 9.67. The monoisotopic (exact) mass is 276 g/mol. The van der Waals surface area contributed by atoms with Crippen molar-refractivity contribution in [2.45, 2.75) is 18.9 Å². The Kier molecular flexibility index (Phi) is 4.90. The SMILES string of the molecule is C=C(NCC1CCCN1C)c1c(OC)cccc1OC. The van der Waals surface area contributed by atoms with Gasteiger partial charge >= 0.3 is 0 Å². The molecular formula is C16H24N2O2. The Morgan fingerprint density at radius 3 is 2.50 bits per heavy atom. The van der Waals surface area contributed by atoms with Crippen LogP contribution >= 0.6 is 0 Å². The maximum Gasteiger partial charge on any atom is 0.131 e. The number of benzene rings is 1. The van der Waals surface area contributed by atoms with Crippen LogP contribution in [0.15, 0.2) is 24.8 Å². The molecule has 0 amide bonds. The van der Waals surface area contributed by atoms with Crippen LogP contribution in [0.4, 0.5) is 0 Å². The summed E-state index contributed by atoms with van der Waals surface area (Å²) >= 11 is 0. The fourth-order valence-electron chi connectivity index (χ4n) is 2.72. The van der Waals surface area contributed by atoms with E-state index in [4.69, 9.17) is 9.47 Å². The van der Waals surface area contributed by atoms with Crippen molar-refractivity contribution in [1.82, 2.24) is 10.2 Å². The Morgan fingerprint density at radius 2 is 2.00 bits per heavy atom. The van der Waals surface area contributed by atoms with E-state index in [9.17, 15) is 0 Å². The smallest absolute Gasteiger partial charge is 0.131 e. The lowest BCUT2D eigenvalue weighted by atomic mass is 10.1. The minimum atomic E-state index is 0.576. The second-order valence-corrected chi connectivity index (χ2v) is 5.17. The van der Waals surface area contributed by atoms with Gasteiger partial charge in [-0.3, -0.25) is 0 Å². The largest absolute Gasteiger partial charge is 0.496 e. The molecule has 1 aliphatic heterocycles. The minimum absolute atomic E-state index is 0.576. The van der Waals surface area contributed by atoms with Gasteiger partial charge in [-0.25, -0.2) is 0 Å². The summed E-state index contributed by atoms with van der Waals surface area (Å²) in [6, 6.07) is 6.34. The van der Waals surface area contributed by atoms with Gasteiger partial charge < -0.3 is 19.7 Å². The Hall–Kier alpha value is -1.68. The van der Waals surface area contributed by atoms with Crippen LogP contribution in [0.1, 0.15) is 18.4 Å². The number of methoxy groups -OCH3 is 2. The molecule has 1 fully saturated rings. The zero-order valence-corrected chi connectivity index (χ0v) is 12.6. The molecule has 1 N–H and O–H groups in total. The molecule has 1 aromatic rings. The average Bonchev–Trinajstić information content (AvgIpc) is 2.89. The van der Waals surface area contributed by atoms with Crippen LogP contribution in [-0.4, -0.2) is 45.3 Å². The Bertz CT molecular complexity index is 451. The number of rotatable bonds is 6. The summed E-state index contributed by atoms with van der Waals surface area (Å²) in [7, 11) is 5.50. The highest BCUT2D eigenvalue weighted by Crippen LogP contribution is 2.32. The van der Waals surface area contributed by atoms with E-state index in [1.807, 2.05) is 18.2 Å². The molecule has 1 saturated heterocycles. The van der Waals surface area contributed by atoms with Gasteiger partial charge in [-0.15, -0.1) is 0 Å². The molecule has 1 atom stereocenters. The quantitative estimate of drug-likeness (QED) is 0.865. The van der Waals surface area contributed by atoms with E-state index >= 15 is 0 Å². The van der Waals surface area contributed by atoms with Crippen LogP contribution in [-0.2, 0) is 0 Å². The number of likely N-dealkylation sites (tertiary alicyclic amines) is 1. The highest BCUT2D eigenvalue weighted by atomic mass is 16.5. The van der Waals surface area contributed by atoms with Crippen molar-refractivity contribution in [1.29, 1.82) is 0 Å². The van der Waals surface area contributed by atoms with Crippen molar-refractivity contribution < 1.29 is 9.47 Å². The fraction of sp³-hybridized carbons (Fsp3) is 0.500. The fourth-order valence-corrected chi connectivity index (χ4v) is 2.72. The summed E-state index contributed by atoms with van der Waals surface area (Å²) in [6.45, 7) is 6.22. The number of likely N-dealkylation sites (N-methyl/N-ethyl adjacent to an activating group) is 1. The molecule has 0 bridgehead atoms. The molecule has 20 heavy (non-hydrogen) atoms. The summed E-state index contributed by atoms with van der Waals surface area (Å²) in [5.41, 5.74) is 1.75. The summed E-state index contributed by atoms with van der Waals surface area (Å²) in [5, 5.41) is 3.42. The van der Waals surface area contributed by atoms with Gasteiger partial charge in [0.1, 0.15) is 11.5 Å². The molecule has 0 saturated carbocycles. The van der Waals surface area contributed by atoms with Crippen LogP contribution in [0.2, 0.25) is 0 Å². The van der Waals surface area contributed by atoms with E-state index < -0.39 is 0 Å². The highest BCUT2D eigenvalue weighted by molar-refractivity contribution is 5.72. The van der Waals surface area contributed by atoms with Crippen LogP contribution in [0.3, 0.4) is 0 Å². The Balaban J connectivity index is 2.08. The number of nitrogens with zero attached hydrogens (tertiary/aromatic N) is 1. The van der Waals surface area contributed by atoms with E-state index in [1.54, 1.807) is 14.2 Å². The second kappa shape index (κ2) is 6.66. The van der Waals surface area contributed by atoms with Crippen molar-refractivity contribution in [3.8, 4) is 11.5 Å². The number of hydrogen-bond donors (Lipinski definition) is 1. The Labute approximate surface area is 121 Å². The lowest BCUT2D eigenvalue weighted by Gasteiger charge is -2.22. The van der Waals surface area contributed by atoms with Crippen molar-refractivity contribution in [3.63, 3.8) is 0 Å². The molecule has 1 aromatic carbocycles.